The van der Waals surface area contributed by atoms with E-state index in [1.807, 2.05) is 0 Å². The van der Waals surface area contributed by atoms with Crippen LogP contribution >= 0.6 is 11.6 Å². The molecule has 144 valence electrons. The van der Waals surface area contributed by atoms with Gasteiger partial charge in [0.1, 0.15) is 11.6 Å². The lowest BCUT2D eigenvalue weighted by atomic mass is 10.2. The molecular formula is C19H13ClF3N3O2. The van der Waals surface area contributed by atoms with E-state index in [-0.39, 0.29) is 17.1 Å². The van der Waals surface area contributed by atoms with Crippen molar-refractivity contribution in [2.45, 2.75) is 6.36 Å². The number of pyridine rings is 1. The Balaban J connectivity index is 1.74. The van der Waals surface area contributed by atoms with Crippen LogP contribution in [-0.2, 0) is 0 Å². The monoisotopic (exact) mass is 407 g/mol. The number of ether oxygens (including phenoxy) is 1. The first-order chi connectivity index (χ1) is 13.3. The second-order valence-electron chi connectivity index (χ2n) is 5.56. The van der Waals surface area contributed by atoms with Crippen LogP contribution in [0.2, 0.25) is 5.02 Å². The molecule has 28 heavy (non-hydrogen) atoms. The number of hydrogen-bond acceptors (Lipinski definition) is 4. The Bertz CT molecular complexity index is 961. The maximum absolute atomic E-state index is 12.6. The number of carbonyl (C=O) groups excluding carboxylic acids is 1. The van der Waals surface area contributed by atoms with Gasteiger partial charge < -0.3 is 15.4 Å². The summed E-state index contributed by atoms with van der Waals surface area (Å²) in [5.74, 6) is -0.506. The van der Waals surface area contributed by atoms with Gasteiger partial charge in [0.15, 0.2) is 0 Å². The van der Waals surface area contributed by atoms with Gasteiger partial charge in [-0.15, -0.1) is 13.2 Å². The highest BCUT2D eigenvalue weighted by Gasteiger charge is 2.30. The number of carbonyl (C=O) groups is 1. The fourth-order valence-electron chi connectivity index (χ4n) is 2.30. The molecule has 0 aliphatic carbocycles. The SMILES string of the molecule is O=C(Nc1ccc(Cl)cc1)c1cccnc1Nc1ccc(OC(F)(F)F)cc1. The summed E-state index contributed by atoms with van der Waals surface area (Å²) in [6.45, 7) is 0. The average Bonchev–Trinajstić information content (AvgIpc) is 2.64. The van der Waals surface area contributed by atoms with Gasteiger partial charge in [0, 0.05) is 22.6 Å². The van der Waals surface area contributed by atoms with Crippen LogP contribution in [0.3, 0.4) is 0 Å². The molecule has 1 amide bonds. The van der Waals surface area contributed by atoms with Crippen LogP contribution < -0.4 is 15.4 Å². The van der Waals surface area contributed by atoms with E-state index in [0.29, 0.717) is 16.4 Å². The van der Waals surface area contributed by atoms with Gasteiger partial charge in [0.25, 0.3) is 5.91 Å². The summed E-state index contributed by atoms with van der Waals surface area (Å²) in [5.41, 5.74) is 1.25. The van der Waals surface area contributed by atoms with E-state index in [0.717, 1.165) is 12.1 Å². The Kier molecular flexibility index (Phi) is 5.70. The summed E-state index contributed by atoms with van der Waals surface area (Å²) in [6, 6.07) is 14.9. The molecule has 0 saturated heterocycles. The predicted octanol–water partition coefficient (Wildman–Crippen LogP) is 5.63. The van der Waals surface area contributed by atoms with E-state index in [9.17, 15) is 18.0 Å². The molecule has 0 radical (unpaired) electrons. The van der Waals surface area contributed by atoms with Crippen LogP contribution in [0, 0.1) is 0 Å². The van der Waals surface area contributed by atoms with Gasteiger partial charge in [-0.25, -0.2) is 4.98 Å². The van der Waals surface area contributed by atoms with Gasteiger partial charge in [-0.3, -0.25) is 4.79 Å². The quantitative estimate of drug-likeness (QED) is 0.575. The highest BCUT2D eigenvalue weighted by atomic mass is 35.5. The van der Waals surface area contributed by atoms with Gasteiger partial charge in [-0.2, -0.15) is 0 Å². The van der Waals surface area contributed by atoms with E-state index in [1.54, 1.807) is 36.4 Å². The number of halogens is 4. The molecule has 0 aliphatic heterocycles. The normalized spacial score (nSPS) is 11.0. The average molecular weight is 408 g/mol. The molecule has 3 rings (SSSR count). The summed E-state index contributed by atoms with van der Waals surface area (Å²) < 4.78 is 40.5. The molecule has 0 fully saturated rings. The van der Waals surface area contributed by atoms with E-state index in [2.05, 4.69) is 20.4 Å². The predicted molar refractivity (Wildman–Crippen MR) is 100 cm³/mol. The van der Waals surface area contributed by atoms with Crippen LogP contribution in [0.25, 0.3) is 0 Å². The molecule has 0 unspecified atom stereocenters. The summed E-state index contributed by atoms with van der Waals surface area (Å²) in [4.78, 5) is 16.7. The van der Waals surface area contributed by atoms with Gasteiger partial charge in [0.05, 0.1) is 5.56 Å². The molecule has 0 atom stereocenters. The van der Waals surface area contributed by atoms with Gasteiger partial charge >= 0.3 is 6.36 Å². The number of nitrogens with one attached hydrogen (secondary N) is 2. The maximum atomic E-state index is 12.6. The molecule has 0 saturated carbocycles. The van der Waals surface area contributed by atoms with Crippen molar-refractivity contribution in [3.8, 4) is 5.75 Å². The molecule has 0 bridgehead atoms. The lowest BCUT2D eigenvalue weighted by Crippen LogP contribution is -2.17. The fourth-order valence-corrected chi connectivity index (χ4v) is 2.42. The van der Waals surface area contributed by atoms with Crippen molar-refractivity contribution in [1.82, 2.24) is 4.98 Å². The van der Waals surface area contributed by atoms with Gasteiger partial charge in [-0.1, -0.05) is 11.6 Å². The summed E-state index contributed by atoms with van der Waals surface area (Å²) in [7, 11) is 0. The zero-order chi connectivity index (χ0) is 20.1. The minimum atomic E-state index is -4.76. The first kappa shape index (κ1) is 19.5. The number of alkyl halides is 3. The van der Waals surface area contributed by atoms with Crippen LogP contribution in [-0.4, -0.2) is 17.3 Å². The molecule has 3 aromatic rings. The van der Waals surface area contributed by atoms with Crippen molar-refractivity contribution < 1.29 is 22.7 Å². The van der Waals surface area contributed by atoms with Crippen molar-refractivity contribution in [3.63, 3.8) is 0 Å². The standard InChI is InChI=1S/C19H13ClF3N3O2/c20-12-3-5-14(6-4-12)26-18(27)16-2-1-11-24-17(16)25-13-7-9-15(10-8-13)28-19(21,22)23/h1-11H,(H,24,25)(H,26,27). The van der Waals surface area contributed by atoms with Crippen molar-refractivity contribution >= 4 is 34.7 Å². The smallest absolute Gasteiger partial charge is 0.406 e. The summed E-state index contributed by atoms with van der Waals surface area (Å²) in [6.07, 6.45) is -3.27. The fraction of sp³-hybridized carbons (Fsp3) is 0.0526. The van der Waals surface area contributed by atoms with Gasteiger partial charge in [-0.05, 0) is 60.7 Å². The van der Waals surface area contributed by atoms with E-state index in [1.165, 1.54) is 18.3 Å². The Morgan fingerprint density at radius 3 is 2.25 bits per heavy atom. The molecule has 1 heterocycles. The van der Waals surface area contributed by atoms with Crippen LogP contribution in [0.15, 0.2) is 66.9 Å². The third kappa shape index (κ3) is 5.37. The molecule has 0 spiro atoms. The molecule has 1 aromatic heterocycles. The van der Waals surface area contributed by atoms with Crippen molar-refractivity contribution in [2.75, 3.05) is 10.6 Å². The highest BCUT2D eigenvalue weighted by Crippen LogP contribution is 2.26. The lowest BCUT2D eigenvalue weighted by Gasteiger charge is -2.12. The number of benzene rings is 2. The minimum absolute atomic E-state index is 0.249. The first-order valence-corrected chi connectivity index (χ1v) is 8.33. The Morgan fingerprint density at radius 2 is 1.61 bits per heavy atom. The summed E-state index contributed by atoms with van der Waals surface area (Å²) >= 11 is 5.82. The number of hydrogen-bond donors (Lipinski definition) is 2. The minimum Gasteiger partial charge on any atom is -0.406 e. The maximum Gasteiger partial charge on any atom is 0.573 e. The highest BCUT2D eigenvalue weighted by molar-refractivity contribution is 6.30. The van der Waals surface area contributed by atoms with Crippen molar-refractivity contribution in [3.05, 3.63) is 77.4 Å². The number of nitrogens with zero attached hydrogens (tertiary/aromatic N) is 1. The Labute approximate surface area is 163 Å². The molecule has 2 N–H and O–H groups in total. The Morgan fingerprint density at radius 1 is 0.964 bits per heavy atom. The van der Waals surface area contributed by atoms with E-state index >= 15 is 0 Å². The molecular weight excluding hydrogens is 395 g/mol. The van der Waals surface area contributed by atoms with Crippen LogP contribution in [0.1, 0.15) is 10.4 Å². The third-order valence-corrected chi connectivity index (χ3v) is 3.76. The van der Waals surface area contributed by atoms with Crippen LogP contribution in [0.5, 0.6) is 5.75 Å². The Hall–Kier alpha value is -3.26. The summed E-state index contributed by atoms with van der Waals surface area (Å²) in [5, 5.41) is 6.17. The number of amides is 1. The lowest BCUT2D eigenvalue weighted by molar-refractivity contribution is -0.274. The number of anilines is 3. The first-order valence-electron chi connectivity index (χ1n) is 7.95. The zero-order valence-electron chi connectivity index (χ0n) is 14.1. The molecule has 9 heteroatoms. The van der Waals surface area contributed by atoms with Crippen LogP contribution in [0.4, 0.5) is 30.4 Å². The zero-order valence-corrected chi connectivity index (χ0v) is 14.9. The molecule has 2 aromatic carbocycles. The topological polar surface area (TPSA) is 63.2 Å². The number of rotatable bonds is 5. The third-order valence-electron chi connectivity index (χ3n) is 3.51. The second kappa shape index (κ2) is 8.18. The van der Waals surface area contributed by atoms with Crippen molar-refractivity contribution in [1.29, 1.82) is 0 Å². The van der Waals surface area contributed by atoms with Gasteiger partial charge in [0.2, 0.25) is 0 Å². The second-order valence-corrected chi connectivity index (χ2v) is 5.99. The molecule has 0 aliphatic rings. The number of aromatic nitrogens is 1. The van der Waals surface area contributed by atoms with E-state index in [4.69, 9.17) is 11.6 Å². The molecule has 5 nitrogen and oxygen atoms in total. The van der Waals surface area contributed by atoms with E-state index < -0.39 is 12.3 Å². The van der Waals surface area contributed by atoms with Crippen molar-refractivity contribution in [2.24, 2.45) is 0 Å². The largest absolute Gasteiger partial charge is 0.573 e.